The molecule has 0 heterocycles. The lowest BCUT2D eigenvalue weighted by molar-refractivity contribution is -0.127. The second-order valence-electron chi connectivity index (χ2n) is 3.57. The van der Waals surface area contributed by atoms with Gasteiger partial charge in [-0.1, -0.05) is 12.1 Å². The molecule has 0 atom stereocenters. The minimum Gasteiger partial charge on any atom is -0.325 e. The zero-order valence-corrected chi connectivity index (χ0v) is 9.27. The Morgan fingerprint density at radius 1 is 1.35 bits per heavy atom. The van der Waals surface area contributed by atoms with Crippen molar-refractivity contribution in [3.05, 3.63) is 29.8 Å². The number of carbonyl (C=O) groups excluding carboxylic acids is 1. The number of amides is 1. The summed E-state index contributed by atoms with van der Waals surface area (Å²) in [6, 6.07) is 5.73. The second kappa shape index (κ2) is 5.67. The fourth-order valence-corrected chi connectivity index (χ4v) is 1.36. The molecule has 0 aromatic heterocycles. The Labute approximate surface area is 97.0 Å². The smallest absolute Gasteiger partial charge is 0.325 e. The average Bonchev–Trinajstić information content (AvgIpc) is 2.15. The molecule has 0 radical (unpaired) electrons. The van der Waals surface area contributed by atoms with E-state index in [4.69, 9.17) is 0 Å². The molecule has 3 nitrogen and oxygen atoms in total. The standard InChI is InChI=1S/C11H13F3N2O/c1-15-7-10(17)16-9-4-2-3-8(5-9)6-11(12,13)14/h2-5,15H,6-7H2,1H3,(H,16,17). The first kappa shape index (κ1) is 13.5. The molecule has 0 bridgehead atoms. The van der Waals surface area contributed by atoms with Crippen LogP contribution >= 0.6 is 0 Å². The van der Waals surface area contributed by atoms with Gasteiger partial charge in [0.1, 0.15) is 0 Å². The van der Waals surface area contributed by atoms with Crippen LogP contribution in [0.25, 0.3) is 0 Å². The topological polar surface area (TPSA) is 41.1 Å². The van der Waals surface area contributed by atoms with E-state index in [1.54, 1.807) is 13.1 Å². The highest BCUT2D eigenvalue weighted by atomic mass is 19.4. The number of halogens is 3. The summed E-state index contributed by atoms with van der Waals surface area (Å²) in [4.78, 5) is 11.2. The second-order valence-corrected chi connectivity index (χ2v) is 3.57. The molecule has 1 aromatic carbocycles. The molecule has 6 heteroatoms. The lowest BCUT2D eigenvalue weighted by atomic mass is 10.1. The van der Waals surface area contributed by atoms with E-state index in [2.05, 4.69) is 10.6 Å². The lowest BCUT2D eigenvalue weighted by Crippen LogP contribution is -2.25. The van der Waals surface area contributed by atoms with E-state index in [9.17, 15) is 18.0 Å². The number of hydrogen-bond donors (Lipinski definition) is 2. The summed E-state index contributed by atoms with van der Waals surface area (Å²) in [6.07, 6.45) is -5.24. The zero-order valence-electron chi connectivity index (χ0n) is 9.27. The van der Waals surface area contributed by atoms with Crippen molar-refractivity contribution < 1.29 is 18.0 Å². The van der Waals surface area contributed by atoms with Crippen LogP contribution in [0.5, 0.6) is 0 Å². The first-order valence-electron chi connectivity index (χ1n) is 5.01. The van der Waals surface area contributed by atoms with E-state index in [0.29, 0.717) is 5.69 Å². The number of rotatable bonds is 4. The van der Waals surface area contributed by atoms with Gasteiger partial charge < -0.3 is 10.6 Å². The van der Waals surface area contributed by atoms with E-state index < -0.39 is 12.6 Å². The quantitative estimate of drug-likeness (QED) is 0.852. The Bertz CT molecular complexity index is 391. The van der Waals surface area contributed by atoms with Crippen LogP contribution in [0.2, 0.25) is 0 Å². The van der Waals surface area contributed by atoms with E-state index in [0.717, 1.165) is 0 Å². The summed E-state index contributed by atoms with van der Waals surface area (Å²) >= 11 is 0. The molecule has 0 spiro atoms. The van der Waals surface area contributed by atoms with E-state index >= 15 is 0 Å². The fraction of sp³-hybridized carbons (Fsp3) is 0.364. The number of anilines is 1. The minimum atomic E-state index is -4.24. The number of alkyl halides is 3. The molecule has 0 aliphatic rings. The normalized spacial score (nSPS) is 11.3. The van der Waals surface area contributed by atoms with Crippen LogP contribution < -0.4 is 10.6 Å². The highest BCUT2D eigenvalue weighted by Gasteiger charge is 2.27. The molecule has 0 aliphatic carbocycles. The summed E-state index contributed by atoms with van der Waals surface area (Å²) in [6.45, 7) is 0.115. The Hall–Kier alpha value is -1.56. The first-order valence-corrected chi connectivity index (χ1v) is 5.01. The third-order valence-corrected chi connectivity index (χ3v) is 1.95. The highest BCUT2D eigenvalue weighted by molar-refractivity contribution is 5.92. The maximum atomic E-state index is 12.2. The predicted octanol–water partition coefficient (Wildman–Crippen LogP) is 1.95. The Balaban J connectivity index is 2.69. The van der Waals surface area contributed by atoms with Crippen molar-refractivity contribution in [3.63, 3.8) is 0 Å². The van der Waals surface area contributed by atoms with Gasteiger partial charge in [0.15, 0.2) is 0 Å². The highest BCUT2D eigenvalue weighted by Crippen LogP contribution is 2.22. The van der Waals surface area contributed by atoms with Crippen LogP contribution in [0.15, 0.2) is 24.3 Å². The number of likely N-dealkylation sites (N-methyl/N-ethyl adjacent to an activating group) is 1. The molecule has 0 unspecified atom stereocenters. The van der Waals surface area contributed by atoms with Crippen LogP contribution in [0.4, 0.5) is 18.9 Å². The number of carbonyl (C=O) groups is 1. The predicted molar refractivity (Wildman–Crippen MR) is 58.8 cm³/mol. The van der Waals surface area contributed by atoms with Gasteiger partial charge in [0.25, 0.3) is 0 Å². The van der Waals surface area contributed by atoms with Gasteiger partial charge in [-0.05, 0) is 24.7 Å². The molecule has 17 heavy (non-hydrogen) atoms. The van der Waals surface area contributed by atoms with Crippen LogP contribution in [0.3, 0.4) is 0 Å². The lowest BCUT2D eigenvalue weighted by Gasteiger charge is -2.09. The van der Waals surface area contributed by atoms with Gasteiger partial charge >= 0.3 is 6.18 Å². The average molecular weight is 246 g/mol. The maximum Gasteiger partial charge on any atom is 0.393 e. The van der Waals surface area contributed by atoms with E-state index in [-0.39, 0.29) is 18.0 Å². The molecular formula is C11H13F3N2O. The maximum absolute atomic E-state index is 12.2. The first-order chi connectivity index (χ1) is 7.90. The molecule has 94 valence electrons. The molecule has 0 saturated heterocycles. The molecule has 2 N–H and O–H groups in total. The Kier molecular flexibility index (Phi) is 4.51. The molecule has 0 saturated carbocycles. The van der Waals surface area contributed by atoms with Crippen LogP contribution in [-0.4, -0.2) is 25.7 Å². The van der Waals surface area contributed by atoms with Crippen molar-refractivity contribution in [3.8, 4) is 0 Å². The van der Waals surface area contributed by atoms with Gasteiger partial charge in [-0.3, -0.25) is 4.79 Å². The largest absolute Gasteiger partial charge is 0.393 e. The van der Waals surface area contributed by atoms with Crippen molar-refractivity contribution >= 4 is 11.6 Å². The third kappa shape index (κ3) is 5.35. The molecule has 1 aromatic rings. The van der Waals surface area contributed by atoms with Crippen molar-refractivity contribution in [1.82, 2.24) is 5.32 Å². The number of nitrogens with one attached hydrogen (secondary N) is 2. The zero-order chi connectivity index (χ0) is 12.9. The van der Waals surface area contributed by atoms with Gasteiger partial charge in [0.05, 0.1) is 13.0 Å². The fourth-order valence-electron chi connectivity index (χ4n) is 1.36. The summed E-state index contributed by atoms with van der Waals surface area (Å²) in [5, 5.41) is 5.15. The summed E-state index contributed by atoms with van der Waals surface area (Å²) in [5.41, 5.74) is 0.492. The van der Waals surface area contributed by atoms with Gasteiger partial charge in [0, 0.05) is 5.69 Å². The molecule has 1 rings (SSSR count). The Morgan fingerprint density at radius 3 is 2.65 bits per heavy atom. The van der Waals surface area contributed by atoms with Crippen molar-refractivity contribution in [1.29, 1.82) is 0 Å². The molecule has 1 amide bonds. The van der Waals surface area contributed by atoms with Crippen LogP contribution in [-0.2, 0) is 11.2 Å². The van der Waals surface area contributed by atoms with Crippen LogP contribution in [0, 0.1) is 0 Å². The van der Waals surface area contributed by atoms with Gasteiger partial charge in [-0.15, -0.1) is 0 Å². The minimum absolute atomic E-state index is 0.115. The van der Waals surface area contributed by atoms with Crippen molar-refractivity contribution in [2.24, 2.45) is 0 Å². The summed E-state index contributed by atoms with van der Waals surface area (Å²) < 4.78 is 36.5. The van der Waals surface area contributed by atoms with Crippen molar-refractivity contribution in [2.45, 2.75) is 12.6 Å². The summed E-state index contributed by atoms with van der Waals surface area (Å²) in [7, 11) is 1.61. The monoisotopic (exact) mass is 246 g/mol. The number of hydrogen-bond acceptors (Lipinski definition) is 2. The van der Waals surface area contributed by atoms with Gasteiger partial charge in [-0.25, -0.2) is 0 Å². The Morgan fingerprint density at radius 2 is 2.06 bits per heavy atom. The summed E-state index contributed by atoms with van der Waals surface area (Å²) in [5.74, 6) is -0.295. The van der Waals surface area contributed by atoms with Crippen molar-refractivity contribution in [2.75, 3.05) is 18.9 Å². The number of benzene rings is 1. The third-order valence-electron chi connectivity index (χ3n) is 1.95. The molecular weight excluding hydrogens is 233 g/mol. The van der Waals surface area contributed by atoms with Gasteiger partial charge in [0.2, 0.25) is 5.91 Å². The van der Waals surface area contributed by atoms with Gasteiger partial charge in [-0.2, -0.15) is 13.2 Å². The molecule has 0 fully saturated rings. The van der Waals surface area contributed by atoms with Crippen LogP contribution in [0.1, 0.15) is 5.56 Å². The molecule has 0 aliphatic heterocycles. The van der Waals surface area contributed by atoms with E-state index in [1.165, 1.54) is 18.2 Å². The SMILES string of the molecule is CNCC(=O)Nc1cccc(CC(F)(F)F)c1. The van der Waals surface area contributed by atoms with E-state index in [1.807, 2.05) is 0 Å².